The van der Waals surface area contributed by atoms with Crippen LogP contribution in [0.5, 0.6) is 0 Å². The van der Waals surface area contributed by atoms with Gasteiger partial charge in [0.2, 0.25) is 0 Å². The minimum absolute atomic E-state index is 0.0446. The van der Waals surface area contributed by atoms with Crippen LogP contribution in [0.2, 0.25) is 0 Å². The highest BCUT2D eigenvalue weighted by Gasteiger charge is 2.27. The molecule has 1 rings (SSSR count). The Hall–Kier alpha value is -0.780. The zero-order chi connectivity index (χ0) is 12.7. The van der Waals surface area contributed by atoms with Crippen molar-refractivity contribution in [2.75, 3.05) is 24.7 Å². The van der Waals surface area contributed by atoms with Crippen molar-refractivity contribution in [2.45, 2.75) is 32.6 Å². The SMILES string of the molecule is CCCCCOC(=O)NCC1CCS(=O)(=O)C1. The first kappa shape index (κ1) is 14.3. The number of unbranched alkanes of at least 4 members (excludes halogenated alkanes) is 2. The molecule has 0 bridgehead atoms. The number of carbonyl (C=O) groups excluding carboxylic acids is 1. The number of hydrogen-bond donors (Lipinski definition) is 1. The van der Waals surface area contributed by atoms with Gasteiger partial charge in [-0.15, -0.1) is 0 Å². The lowest BCUT2D eigenvalue weighted by molar-refractivity contribution is 0.142. The molecule has 1 aliphatic rings. The van der Waals surface area contributed by atoms with Crippen LogP contribution in [0.1, 0.15) is 32.6 Å². The summed E-state index contributed by atoms with van der Waals surface area (Å²) in [6, 6.07) is 0. The topological polar surface area (TPSA) is 72.5 Å². The van der Waals surface area contributed by atoms with Gasteiger partial charge in [0, 0.05) is 6.54 Å². The van der Waals surface area contributed by atoms with Gasteiger partial charge >= 0.3 is 6.09 Å². The largest absolute Gasteiger partial charge is 0.450 e. The second kappa shape index (κ2) is 6.83. The average Bonchev–Trinajstić information content (AvgIpc) is 2.62. The molecule has 0 aromatic heterocycles. The molecule has 1 fully saturated rings. The van der Waals surface area contributed by atoms with Gasteiger partial charge in [-0.2, -0.15) is 0 Å². The molecule has 1 heterocycles. The van der Waals surface area contributed by atoms with Gasteiger partial charge in [0.15, 0.2) is 9.84 Å². The van der Waals surface area contributed by atoms with Crippen LogP contribution in [0.25, 0.3) is 0 Å². The first-order valence-corrected chi connectivity index (χ1v) is 7.96. The second-order valence-corrected chi connectivity index (χ2v) is 6.72. The Labute approximate surface area is 103 Å². The smallest absolute Gasteiger partial charge is 0.407 e. The molecule has 100 valence electrons. The van der Waals surface area contributed by atoms with Crippen LogP contribution in [0.4, 0.5) is 4.79 Å². The fraction of sp³-hybridized carbons (Fsp3) is 0.909. The molecule has 1 saturated heterocycles. The summed E-state index contributed by atoms with van der Waals surface area (Å²) in [7, 11) is -2.86. The van der Waals surface area contributed by atoms with Gasteiger partial charge in [-0.3, -0.25) is 0 Å². The van der Waals surface area contributed by atoms with Crippen molar-refractivity contribution in [3.05, 3.63) is 0 Å². The summed E-state index contributed by atoms with van der Waals surface area (Å²) in [6.07, 6.45) is 3.21. The molecule has 6 heteroatoms. The van der Waals surface area contributed by atoms with Crippen molar-refractivity contribution in [1.29, 1.82) is 0 Å². The maximum Gasteiger partial charge on any atom is 0.407 e. The number of carbonyl (C=O) groups is 1. The Morgan fingerprint density at radius 1 is 1.41 bits per heavy atom. The Morgan fingerprint density at radius 2 is 2.18 bits per heavy atom. The third-order valence-electron chi connectivity index (χ3n) is 2.84. The van der Waals surface area contributed by atoms with Crippen LogP contribution in [-0.4, -0.2) is 39.2 Å². The number of amides is 1. The van der Waals surface area contributed by atoms with Crippen LogP contribution in [0, 0.1) is 5.92 Å². The molecule has 1 atom stereocenters. The number of sulfone groups is 1. The number of hydrogen-bond acceptors (Lipinski definition) is 4. The first-order valence-electron chi connectivity index (χ1n) is 6.14. The molecule has 5 nitrogen and oxygen atoms in total. The van der Waals surface area contributed by atoms with Crippen LogP contribution in [0.3, 0.4) is 0 Å². The van der Waals surface area contributed by atoms with E-state index >= 15 is 0 Å². The average molecular weight is 263 g/mol. The quantitative estimate of drug-likeness (QED) is 0.734. The van der Waals surface area contributed by atoms with Gasteiger partial charge < -0.3 is 10.1 Å². The zero-order valence-electron chi connectivity index (χ0n) is 10.3. The summed E-state index contributed by atoms with van der Waals surface area (Å²) in [6.45, 7) is 2.91. The summed E-state index contributed by atoms with van der Waals surface area (Å²) in [5, 5.41) is 2.61. The van der Waals surface area contributed by atoms with Gasteiger partial charge in [-0.25, -0.2) is 13.2 Å². The molecular formula is C11H21NO4S. The normalized spacial score (nSPS) is 22.3. The van der Waals surface area contributed by atoms with Crippen molar-refractivity contribution in [3.63, 3.8) is 0 Å². The lowest BCUT2D eigenvalue weighted by atomic mass is 10.1. The summed E-state index contributed by atoms with van der Waals surface area (Å²) in [5.74, 6) is 0.469. The van der Waals surface area contributed by atoms with Crippen LogP contribution in [-0.2, 0) is 14.6 Å². The molecule has 1 aliphatic heterocycles. The highest BCUT2D eigenvalue weighted by Crippen LogP contribution is 2.17. The van der Waals surface area contributed by atoms with Crippen LogP contribution < -0.4 is 5.32 Å². The van der Waals surface area contributed by atoms with Gasteiger partial charge in [0.25, 0.3) is 0 Å². The van der Waals surface area contributed by atoms with Gasteiger partial charge in [0.05, 0.1) is 18.1 Å². The van der Waals surface area contributed by atoms with E-state index in [-0.39, 0.29) is 17.4 Å². The number of ether oxygens (including phenoxy) is 1. The van der Waals surface area contributed by atoms with Crippen molar-refractivity contribution in [2.24, 2.45) is 5.92 Å². The van der Waals surface area contributed by atoms with E-state index in [2.05, 4.69) is 12.2 Å². The summed E-state index contributed by atoms with van der Waals surface area (Å²) < 4.78 is 27.3. The molecule has 1 unspecified atom stereocenters. The molecule has 0 radical (unpaired) electrons. The molecule has 0 aromatic rings. The van der Waals surface area contributed by atoms with Gasteiger partial charge in [-0.05, 0) is 18.8 Å². The van der Waals surface area contributed by atoms with E-state index in [4.69, 9.17) is 4.74 Å². The van der Waals surface area contributed by atoms with E-state index in [1.165, 1.54) is 0 Å². The molecule has 1 amide bonds. The first-order chi connectivity index (χ1) is 8.03. The maximum absolute atomic E-state index is 11.2. The Bertz CT molecular complexity index is 339. The predicted molar refractivity (Wildman–Crippen MR) is 65.6 cm³/mol. The van der Waals surface area contributed by atoms with Crippen molar-refractivity contribution in [3.8, 4) is 0 Å². The van der Waals surface area contributed by atoms with Crippen molar-refractivity contribution in [1.82, 2.24) is 5.32 Å². The van der Waals surface area contributed by atoms with E-state index in [9.17, 15) is 13.2 Å². The number of nitrogens with one attached hydrogen (secondary N) is 1. The monoisotopic (exact) mass is 263 g/mol. The number of alkyl carbamates (subject to hydrolysis) is 1. The third kappa shape index (κ3) is 5.91. The summed E-state index contributed by atoms with van der Waals surface area (Å²) in [4.78, 5) is 11.2. The molecule has 0 aromatic carbocycles. The van der Waals surface area contributed by atoms with Gasteiger partial charge in [-0.1, -0.05) is 19.8 Å². The Morgan fingerprint density at radius 3 is 2.76 bits per heavy atom. The maximum atomic E-state index is 11.2. The van der Waals surface area contributed by atoms with Crippen LogP contribution >= 0.6 is 0 Å². The van der Waals surface area contributed by atoms with Crippen molar-refractivity contribution >= 4 is 15.9 Å². The van der Waals surface area contributed by atoms with E-state index in [0.29, 0.717) is 19.6 Å². The second-order valence-electron chi connectivity index (χ2n) is 4.49. The lowest BCUT2D eigenvalue weighted by Gasteiger charge is -2.10. The molecule has 1 N–H and O–H groups in total. The van der Waals surface area contributed by atoms with E-state index < -0.39 is 15.9 Å². The minimum Gasteiger partial charge on any atom is -0.450 e. The van der Waals surface area contributed by atoms with E-state index in [0.717, 1.165) is 19.3 Å². The highest BCUT2D eigenvalue weighted by molar-refractivity contribution is 7.91. The van der Waals surface area contributed by atoms with E-state index in [1.54, 1.807) is 0 Å². The van der Waals surface area contributed by atoms with E-state index in [1.807, 2.05) is 0 Å². The summed E-state index contributed by atoms with van der Waals surface area (Å²) in [5.41, 5.74) is 0. The molecule has 0 aliphatic carbocycles. The zero-order valence-corrected chi connectivity index (χ0v) is 11.1. The Kier molecular flexibility index (Phi) is 5.74. The molecular weight excluding hydrogens is 242 g/mol. The fourth-order valence-corrected chi connectivity index (χ4v) is 3.69. The Balaban J connectivity index is 2.08. The highest BCUT2D eigenvalue weighted by atomic mass is 32.2. The predicted octanol–water partition coefficient (Wildman–Crippen LogP) is 1.34. The third-order valence-corrected chi connectivity index (χ3v) is 4.68. The lowest BCUT2D eigenvalue weighted by Crippen LogP contribution is -2.30. The molecule has 0 spiro atoms. The van der Waals surface area contributed by atoms with Crippen LogP contribution in [0.15, 0.2) is 0 Å². The number of rotatable bonds is 6. The standard InChI is InChI=1S/C11H21NO4S/c1-2-3-4-6-16-11(13)12-8-10-5-7-17(14,15)9-10/h10H,2-9H2,1H3,(H,12,13). The van der Waals surface area contributed by atoms with Crippen molar-refractivity contribution < 1.29 is 17.9 Å². The van der Waals surface area contributed by atoms with Gasteiger partial charge in [0.1, 0.15) is 0 Å². The fourth-order valence-electron chi connectivity index (χ4n) is 1.83. The molecule has 17 heavy (non-hydrogen) atoms. The molecule has 0 saturated carbocycles. The summed E-state index contributed by atoms with van der Waals surface area (Å²) >= 11 is 0. The minimum atomic E-state index is -2.86.